The van der Waals surface area contributed by atoms with Crippen molar-refractivity contribution in [3.63, 3.8) is 0 Å². The van der Waals surface area contributed by atoms with Crippen molar-refractivity contribution < 1.29 is 19.4 Å². The van der Waals surface area contributed by atoms with Gasteiger partial charge in [-0.05, 0) is 73.4 Å². The molecule has 0 amide bonds. The maximum atomic E-state index is 12.1. The number of hydrogen-bond donors (Lipinski definition) is 1. The molecule has 0 aliphatic rings. The first-order chi connectivity index (χ1) is 21.1. The van der Waals surface area contributed by atoms with Crippen molar-refractivity contribution in [2.24, 2.45) is 0 Å². The Balaban J connectivity index is 1.14. The Labute approximate surface area is 258 Å². The van der Waals surface area contributed by atoms with Crippen LogP contribution in [0.25, 0.3) is 0 Å². The van der Waals surface area contributed by atoms with Crippen LogP contribution in [0, 0.1) is 0 Å². The SMILES string of the molecule is COc1cc(CC(=O)OCCCCCCCCCCC[P+](c2ccccc2)(c2ccccc2)c2ccccc2)ccc1O. The molecule has 0 heterocycles. The molecule has 0 radical (unpaired) electrons. The van der Waals surface area contributed by atoms with E-state index in [9.17, 15) is 9.90 Å². The number of phenols is 1. The lowest BCUT2D eigenvalue weighted by Gasteiger charge is -2.27. The van der Waals surface area contributed by atoms with Crippen molar-refractivity contribution in [2.45, 2.75) is 64.2 Å². The van der Waals surface area contributed by atoms with E-state index < -0.39 is 7.26 Å². The zero-order valence-corrected chi connectivity index (χ0v) is 26.4. The Morgan fingerprint density at radius 3 is 1.58 bits per heavy atom. The average Bonchev–Trinajstić information content (AvgIpc) is 3.05. The highest BCUT2D eigenvalue weighted by Gasteiger charge is 2.44. The molecule has 5 heteroatoms. The first-order valence-electron chi connectivity index (χ1n) is 15.7. The predicted octanol–water partition coefficient (Wildman–Crippen LogP) is 7.99. The Kier molecular flexibility index (Phi) is 13.1. The average molecular weight is 598 g/mol. The van der Waals surface area contributed by atoms with Gasteiger partial charge in [0, 0.05) is 0 Å². The second-order valence-corrected chi connectivity index (χ2v) is 14.7. The molecule has 0 atom stereocenters. The molecule has 4 aromatic rings. The maximum Gasteiger partial charge on any atom is 0.310 e. The quantitative estimate of drug-likeness (QED) is 0.0718. The van der Waals surface area contributed by atoms with E-state index in [1.807, 2.05) is 0 Å². The fourth-order valence-corrected chi connectivity index (χ4v) is 10.2. The number of esters is 1. The van der Waals surface area contributed by atoms with Gasteiger partial charge in [0.15, 0.2) is 11.5 Å². The van der Waals surface area contributed by atoms with Crippen molar-refractivity contribution >= 4 is 29.1 Å². The minimum absolute atomic E-state index is 0.0668. The van der Waals surface area contributed by atoms with Crippen LogP contribution in [0.2, 0.25) is 0 Å². The number of methoxy groups -OCH3 is 1. The Morgan fingerprint density at radius 1 is 0.628 bits per heavy atom. The summed E-state index contributed by atoms with van der Waals surface area (Å²) in [6.45, 7) is 0.461. The smallest absolute Gasteiger partial charge is 0.310 e. The summed E-state index contributed by atoms with van der Waals surface area (Å²) in [6, 6.07) is 38.4. The van der Waals surface area contributed by atoms with E-state index >= 15 is 0 Å². The molecular formula is C38H46O4P+. The minimum Gasteiger partial charge on any atom is -0.504 e. The third-order valence-corrected chi connectivity index (χ3v) is 12.6. The summed E-state index contributed by atoms with van der Waals surface area (Å²) in [7, 11) is -0.221. The van der Waals surface area contributed by atoms with Gasteiger partial charge in [-0.25, -0.2) is 0 Å². The number of rotatable bonds is 18. The molecule has 4 rings (SSSR count). The standard InChI is InChI=1S/C38H45O4P/c1-41-37-30-32(26-27-36(37)39)31-38(40)42-28-18-7-5-3-2-4-6-8-19-29-43(33-20-12-9-13-21-33,34-22-14-10-15-23-34)35-24-16-11-17-25-35/h9-17,20-27,30H,2-8,18-19,28-29,31H2,1H3/p+1. The van der Waals surface area contributed by atoms with E-state index in [0.717, 1.165) is 18.4 Å². The highest BCUT2D eigenvalue weighted by Crippen LogP contribution is 2.56. The highest BCUT2D eigenvalue weighted by molar-refractivity contribution is 7.95. The van der Waals surface area contributed by atoms with Crippen molar-refractivity contribution in [3.05, 3.63) is 115 Å². The molecule has 0 aliphatic carbocycles. The normalized spacial score (nSPS) is 11.3. The number of ether oxygens (including phenoxy) is 2. The topological polar surface area (TPSA) is 55.8 Å². The number of aromatic hydroxyl groups is 1. The summed E-state index contributed by atoms with van der Waals surface area (Å²) in [5.41, 5.74) is 0.771. The Hall–Kier alpha value is -3.62. The molecule has 0 saturated heterocycles. The lowest BCUT2D eigenvalue weighted by atomic mass is 10.1. The summed E-state index contributed by atoms with van der Waals surface area (Å²) < 4.78 is 10.5. The fraction of sp³-hybridized carbons (Fsp3) is 0.342. The van der Waals surface area contributed by atoms with Gasteiger partial charge in [-0.2, -0.15) is 0 Å². The first-order valence-corrected chi connectivity index (χ1v) is 17.7. The van der Waals surface area contributed by atoms with Gasteiger partial charge >= 0.3 is 5.97 Å². The molecule has 0 spiro atoms. The summed E-state index contributed by atoms with van der Waals surface area (Å²) in [5, 5.41) is 14.1. The molecule has 43 heavy (non-hydrogen) atoms. The lowest BCUT2D eigenvalue weighted by molar-refractivity contribution is -0.142. The van der Waals surface area contributed by atoms with E-state index in [-0.39, 0.29) is 18.1 Å². The van der Waals surface area contributed by atoms with Crippen LogP contribution >= 0.6 is 7.26 Å². The second-order valence-electron chi connectivity index (χ2n) is 11.1. The zero-order valence-electron chi connectivity index (χ0n) is 25.5. The molecular weight excluding hydrogens is 551 g/mol. The van der Waals surface area contributed by atoms with Crippen molar-refractivity contribution in [3.8, 4) is 11.5 Å². The summed E-state index contributed by atoms with van der Waals surface area (Å²) in [5.74, 6) is 0.189. The number of phenolic OH excluding ortho intramolecular Hbond substituents is 1. The monoisotopic (exact) mass is 597 g/mol. The van der Waals surface area contributed by atoms with Crippen LogP contribution in [0.15, 0.2) is 109 Å². The van der Waals surface area contributed by atoms with Crippen LogP contribution in [0.1, 0.15) is 63.4 Å². The van der Waals surface area contributed by atoms with Gasteiger partial charge in [-0.1, -0.05) is 99.2 Å². The van der Waals surface area contributed by atoms with Crippen LogP contribution < -0.4 is 20.7 Å². The first kappa shape index (κ1) is 32.3. The van der Waals surface area contributed by atoms with Gasteiger partial charge in [-0.15, -0.1) is 0 Å². The van der Waals surface area contributed by atoms with Crippen molar-refractivity contribution in [1.82, 2.24) is 0 Å². The molecule has 4 aromatic carbocycles. The third-order valence-electron chi connectivity index (χ3n) is 8.08. The molecule has 1 N–H and O–H groups in total. The van der Waals surface area contributed by atoms with E-state index in [1.165, 1.54) is 80.2 Å². The Bertz CT molecular complexity index is 1260. The van der Waals surface area contributed by atoms with Crippen molar-refractivity contribution in [2.75, 3.05) is 19.9 Å². The summed E-state index contributed by atoms with van der Waals surface area (Å²) >= 11 is 0. The number of unbranched alkanes of at least 4 members (excludes halogenated alkanes) is 8. The largest absolute Gasteiger partial charge is 0.504 e. The fourth-order valence-electron chi connectivity index (χ4n) is 5.81. The maximum absolute atomic E-state index is 12.1. The molecule has 0 aromatic heterocycles. The molecule has 0 aliphatic heterocycles. The van der Waals surface area contributed by atoms with E-state index in [2.05, 4.69) is 91.0 Å². The van der Waals surface area contributed by atoms with Gasteiger partial charge < -0.3 is 14.6 Å². The highest BCUT2D eigenvalue weighted by atomic mass is 31.2. The van der Waals surface area contributed by atoms with E-state index in [4.69, 9.17) is 9.47 Å². The number of carbonyl (C=O) groups is 1. The summed E-state index contributed by atoms with van der Waals surface area (Å²) in [6.07, 6.45) is 12.1. The van der Waals surface area contributed by atoms with E-state index in [0.29, 0.717) is 12.4 Å². The predicted molar refractivity (Wildman–Crippen MR) is 181 cm³/mol. The molecule has 4 nitrogen and oxygen atoms in total. The number of benzene rings is 4. The Morgan fingerprint density at radius 2 is 1.09 bits per heavy atom. The van der Waals surface area contributed by atoms with Gasteiger partial charge in [0.1, 0.15) is 23.2 Å². The van der Waals surface area contributed by atoms with Crippen LogP contribution in [0.4, 0.5) is 0 Å². The molecule has 0 fully saturated rings. The van der Waals surface area contributed by atoms with Crippen LogP contribution in [0.3, 0.4) is 0 Å². The summed E-state index contributed by atoms with van der Waals surface area (Å²) in [4.78, 5) is 12.1. The molecule has 0 bridgehead atoms. The molecule has 0 unspecified atom stereocenters. The van der Waals surface area contributed by atoms with Gasteiger partial charge in [0.25, 0.3) is 0 Å². The number of carbonyl (C=O) groups excluding carboxylic acids is 1. The van der Waals surface area contributed by atoms with E-state index in [1.54, 1.807) is 12.1 Å². The second kappa shape index (κ2) is 17.5. The number of hydrogen-bond acceptors (Lipinski definition) is 4. The van der Waals surface area contributed by atoms with Crippen LogP contribution in [0.5, 0.6) is 11.5 Å². The van der Waals surface area contributed by atoms with Gasteiger partial charge in [0.05, 0.1) is 26.3 Å². The molecule has 226 valence electrons. The van der Waals surface area contributed by atoms with Crippen LogP contribution in [-0.4, -0.2) is 31.0 Å². The molecule has 0 saturated carbocycles. The van der Waals surface area contributed by atoms with Crippen LogP contribution in [-0.2, 0) is 16.0 Å². The third kappa shape index (κ3) is 9.43. The lowest BCUT2D eigenvalue weighted by Crippen LogP contribution is -2.33. The van der Waals surface area contributed by atoms with Gasteiger partial charge in [0.2, 0.25) is 0 Å². The zero-order chi connectivity index (χ0) is 30.2. The van der Waals surface area contributed by atoms with Gasteiger partial charge in [-0.3, -0.25) is 4.79 Å². The minimum atomic E-state index is -1.71. The van der Waals surface area contributed by atoms with Crippen molar-refractivity contribution in [1.29, 1.82) is 0 Å².